The maximum atomic E-state index is 13.1. The predicted molar refractivity (Wildman–Crippen MR) is 66.1 cm³/mol. The van der Waals surface area contributed by atoms with Gasteiger partial charge in [0, 0.05) is 22.3 Å². The molecule has 1 aliphatic heterocycles. The third-order valence-electron chi connectivity index (χ3n) is 2.91. The summed E-state index contributed by atoms with van der Waals surface area (Å²) in [4.78, 5) is 12.3. The maximum Gasteiger partial charge on any atom is 0.161 e. The molecule has 0 bridgehead atoms. The number of benzene rings is 1. The zero-order valence-electron chi connectivity index (χ0n) is 9.90. The number of halogens is 1. The quantitative estimate of drug-likeness (QED) is 0.774. The number of ketones is 1. The zero-order chi connectivity index (χ0) is 12.4. The van der Waals surface area contributed by atoms with Gasteiger partial charge in [0.15, 0.2) is 5.78 Å². The molecular weight excluding hydrogens is 239 g/mol. The van der Waals surface area contributed by atoms with Gasteiger partial charge in [0.25, 0.3) is 0 Å². The van der Waals surface area contributed by atoms with Crippen molar-refractivity contribution < 1.29 is 13.9 Å². The molecule has 4 heteroatoms. The zero-order valence-corrected chi connectivity index (χ0v) is 10.7. The van der Waals surface area contributed by atoms with Gasteiger partial charge in [-0.15, -0.1) is 11.8 Å². The van der Waals surface area contributed by atoms with E-state index < -0.39 is 0 Å². The van der Waals surface area contributed by atoms with Gasteiger partial charge in [0.2, 0.25) is 0 Å². The Kier molecular flexibility index (Phi) is 3.84. The van der Waals surface area contributed by atoms with Crippen LogP contribution in [-0.4, -0.2) is 23.7 Å². The van der Waals surface area contributed by atoms with Crippen LogP contribution in [-0.2, 0) is 4.74 Å². The summed E-state index contributed by atoms with van der Waals surface area (Å²) < 4.78 is 18.6. The second-order valence-corrected chi connectivity index (χ2v) is 5.50. The normalized spacial score (nSPS) is 23.9. The molecule has 0 spiro atoms. The number of thioether (sulfide) groups is 1. The fourth-order valence-corrected chi connectivity index (χ4v) is 3.20. The van der Waals surface area contributed by atoms with Crippen molar-refractivity contribution in [3.05, 3.63) is 29.6 Å². The highest BCUT2D eigenvalue weighted by Crippen LogP contribution is 2.34. The van der Waals surface area contributed by atoms with Gasteiger partial charge in [-0.25, -0.2) is 4.39 Å². The third-order valence-corrected chi connectivity index (χ3v) is 4.44. The van der Waals surface area contributed by atoms with Gasteiger partial charge in [-0.3, -0.25) is 4.79 Å². The number of carbonyl (C=O) groups is 1. The van der Waals surface area contributed by atoms with Crippen LogP contribution in [0.2, 0.25) is 0 Å². The summed E-state index contributed by atoms with van der Waals surface area (Å²) in [5.74, 6) is -0.464. The molecule has 0 amide bonds. The van der Waals surface area contributed by atoms with E-state index in [4.69, 9.17) is 4.74 Å². The maximum absolute atomic E-state index is 13.1. The first-order valence-corrected chi connectivity index (χ1v) is 6.54. The largest absolute Gasteiger partial charge is 0.377 e. The Hall–Kier alpha value is -0.870. The van der Waals surface area contributed by atoms with Crippen LogP contribution in [0.1, 0.15) is 30.6 Å². The van der Waals surface area contributed by atoms with Crippen molar-refractivity contribution in [1.29, 1.82) is 0 Å². The summed E-state index contributed by atoms with van der Waals surface area (Å²) in [7, 11) is 0. The molecule has 92 valence electrons. The summed E-state index contributed by atoms with van der Waals surface area (Å²) in [5.41, 5.74) is 0.467. The molecule has 0 aliphatic carbocycles. The van der Waals surface area contributed by atoms with Crippen molar-refractivity contribution in [2.45, 2.75) is 36.5 Å². The van der Waals surface area contributed by atoms with Crippen LogP contribution in [0, 0.1) is 5.82 Å². The Morgan fingerprint density at radius 2 is 2.29 bits per heavy atom. The SMILES string of the molecule is CC(=O)c1cc(F)ccc1SC1CCOC1C. The Balaban J connectivity index is 2.22. The van der Waals surface area contributed by atoms with E-state index in [-0.39, 0.29) is 17.7 Å². The summed E-state index contributed by atoms with van der Waals surface area (Å²) in [5, 5.41) is 0.346. The van der Waals surface area contributed by atoms with Gasteiger partial charge in [-0.2, -0.15) is 0 Å². The lowest BCUT2D eigenvalue weighted by atomic mass is 10.1. The lowest BCUT2D eigenvalue weighted by Crippen LogP contribution is -2.13. The minimum absolute atomic E-state index is 0.0985. The van der Waals surface area contributed by atoms with Crippen LogP contribution in [0.25, 0.3) is 0 Å². The molecule has 1 aromatic carbocycles. The topological polar surface area (TPSA) is 26.3 Å². The molecule has 0 N–H and O–H groups in total. The highest BCUT2D eigenvalue weighted by Gasteiger charge is 2.26. The number of hydrogen-bond acceptors (Lipinski definition) is 3. The number of Topliss-reactive ketones (excluding diaryl/α,β-unsaturated/α-hetero) is 1. The van der Waals surface area contributed by atoms with E-state index in [1.807, 2.05) is 6.92 Å². The van der Waals surface area contributed by atoms with Gasteiger partial charge >= 0.3 is 0 Å². The highest BCUT2D eigenvalue weighted by molar-refractivity contribution is 8.00. The lowest BCUT2D eigenvalue weighted by Gasteiger charge is -2.15. The Morgan fingerprint density at radius 1 is 1.53 bits per heavy atom. The summed E-state index contributed by atoms with van der Waals surface area (Å²) >= 11 is 1.61. The molecule has 0 saturated carbocycles. The minimum atomic E-state index is -0.365. The summed E-state index contributed by atoms with van der Waals surface area (Å²) in [6.07, 6.45) is 1.16. The Morgan fingerprint density at radius 3 is 2.88 bits per heavy atom. The van der Waals surface area contributed by atoms with Crippen molar-refractivity contribution >= 4 is 17.5 Å². The molecule has 2 rings (SSSR count). The number of rotatable bonds is 3. The highest BCUT2D eigenvalue weighted by atomic mass is 32.2. The van der Waals surface area contributed by atoms with Crippen LogP contribution in [0.3, 0.4) is 0 Å². The fraction of sp³-hybridized carbons (Fsp3) is 0.462. The van der Waals surface area contributed by atoms with E-state index in [1.54, 1.807) is 17.8 Å². The van der Waals surface area contributed by atoms with Crippen molar-refractivity contribution in [2.24, 2.45) is 0 Å². The number of carbonyl (C=O) groups excluding carboxylic acids is 1. The van der Waals surface area contributed by atoms with Gasteiger partial charge in [-0.1, -0.05) is 0 Å². The van der Waals surface area contributed by atoms with Crippen LogP contribution in [0.15, 0.2) is 23.1 Å². The molecule has 2 atom stereocenters. The second kappa shape index (κ2) is 5.19. The number of hydrogen-bond donors (Lipinski definition) is 0. The van der Waals surface area contributed by atoms with Gasteiger partial charge in [0.1, 0.15) is 5.82 Å². The molecule has 2 unspecified atom stereocenters. The van der Waals surface area contributed by atoms with E-state index in [0.717, 1.165) is 17.9 Å². The Bertz CT molecular complexity index is 433. The van der Waals surface area contributed by atoms with E-state index in [1.165, 1.54) is 19.1 Å². The molecule has 2 nitrogen and oxygen atoms in total. The van der Waals surface area contributed by atoms with Crippen molar-refractivity contribution in [3.63, 3.8) is 0 Å². The van der Waals surface area contributed by atoms with E-state index >= 15 is 0 Å². The van der Waals surface area contributed by atoms with E-state index in [9.17, 15) is 9.18 Å². The lowest BCUT2D eigenvalue weighted by molar-refractivity contribution is 0.101. The molecule has 1 aromatic rings. The van der Waals surface area contributed by atoms with Crippen LogP contribution >= 0.6 is 11.8 Å². The first-order valence-electron chi connectivity index (χ1n) is 5.66. The van der Waals surface area contributed by atoms with Crippen molar-refractivity contribution in [2.75, 3.05) is 6.61 Å². The molecular formula is C13H15FO2S. The summed E-state index contributed by atoms with van der Waals surface area (Å²) in [6, 6.07) is 4.39. The molecule has 1 heterocycles. The minimum Gasteiger partial charge on any atom is -0.377 e. The van der Waals surface area contributed by atoms with E-state index in [0.29, 0.717) is 10.8 Å². The average Bonchev–Trinajstić information content (AvgIpc) is 2.67. The van der Waals surface area contributed by atoms with Gasteiger partial charge in [0.05, 0.1) is 6.10 Å². The molecule has 1 aliphatic rings. The number of ether oxygens (including phenoxy) is 1. The molecule has 0 radical (unpaired) electrons. The smallest absolute Gasteiger partial charge is 0.161 e. The van der Waals surface area contributed by atoms with Gasteiger partial charge < -0.3 is 4.74 Å². The van der Waals surface area contributed by atoms with Crippen LogP contribution < -0.4 is 0 Å². The summed E-state index contributed by atoms with van der Waals surface area (Å²) in [6.45, 7) is 4.25. The molecule has 1 fully saturated rings. The predicted octanol–water partition coefficient (Wildman–Crippen LogP) is 3.30. The molecule has 1 saturated heterocycles. The fourth-order valence-electron chi connectivity index (χ4n) is 1.91. The van der Waals surface area contributed by atoms with Crippen LogP contribution in [0.4, 0.5) is 4.39 Å². The monoisotopic (exact) mass is 254 g/mol. The first kappa shape index (κ1) is 12.6. The average molecular weight is 254 g/mol. The van der Waals surface area contributed by atoms with Crippen molar-refractivity contribution in [1.82, 2.24) is 0 Å². The van der Waals surface area contributed by atoms with Gasteiger partial charge in [-0.05, 0) is 38.5 Å². The first-order chi connectivity index (χ1) is 8.08. The van der Waals surface area contributed by atoms with E-state index in [2.05, 4.69) is 0 Å². The standard InChI is InChI=1S/C13H15FO2S/c1-8(15)11-7-10(14)3-4-13(11)17-12-5-6-16-9(12)2/h3-4,7,9,12H,5-6H2,1-2H3. The molecule has 0 aromatic heterocycles. The van der Waals surface area contributed by atoms with Crippen LogP contribution in [0.5, 0.6) is 0 Å². The second-order valence-electron chi connectivity index (χ2n) is 4.22. The Labute approximate surface area is 105 Å². The molecule has 17 heavy (non-hydrogen) atoms. The van der Waals surface area contributed by atoms with Crippen molar-refractivity contribution in [3.8, 4) is 0 Å². The third kappa shape index (κ3) is 2.87.